The summed E-state index contributed by atoms with van der Waals surface area (Å²) in [6.07, 6.45) is 18.5. The average Bonchev–Trinajstić information content (AvgIpc) is 3.59. The molecule has 2 aromatic heterocycles. The molecule has 0 fully saturated rings. The van der Waals surface area contributed by atoms with Crippen LogP contribution < -0.4 is 9.30 Å². The summed E-state index contributed by atoms with van der Waals surface area (Å²) in [6.45, 7) is 10.4. The number of imidazole rings is 1. The summed E-state index contributed by atoms with van der Waals surface area (Å²) in [5, 5.41) is 0. The van der Waals surface area contributed by atoms with E-state index in [1.165, 1.54) is 56.1 Å². The van der Waals surface area contributed by atoms with Gasteiger partial charge in [0, 0.05) is 17.0 Å². The van der Waals surface area contributed by atoms with Gasteiger partial charge in [-0.05, 0) is 87.9 Å². The van der Waals surface area contributed by atoms with E-state index in [0.29, 0.717) is 0 Å². The van der Waals surface area contributed by atoms with E-state index >= 15 is 0 Å². The summed E-state index contributed by atoms with van der Waals surface area (Å²) in [6, 6.07) is 10.7. The van der Waals surface area contributed by atoms with Crippen molar-refractivity contribution in [2.45, 2.75) is 85.6 Å². The van der Waals surface area contributed by atoms with Crippen LogP contribution >= 0.6 is 0 Å². The molecule has 0 saturated heterocycles. The maximum atomic E-state index is 6.07. The highest BCUT2D eigenvalue weighted by atomic mass is 16.5. The first-order valence-electron chi connectivity index (χ1n) is 13.9. The third kappa shape index (κ3) is 7.58. The molecule has 5 nitrogen and oxygen atoms in total. The molecule has 0 aliphatic carbocycles. The molecule has 0 saturated carbocycles. The quantitative estimate of drug-likeness (QED) is 0.174. The van der Waals surface area contributed by atoms with Crippen LogP contribution in [0.1, 0.15) is 87.7 Å². The molecule has 1 aromatic carbocycles. The predicted octanol–water partition coefficient (Wildman–Crippen LogP) is 7.63. The Kier molecular flexibility index (Phi) is 9.58. The van der Waals surface area contributed by atoms with Crippen LogP contribution in [0.3, 0.4) is 0 Å². The lowest BCUT2D eigenvalue weighted by Gasteiger charge is -2.13. The van der Waals surface area contributed by atoms with Gasteiger partial charge >= 0.3 is 0 Å². The molecule has 37 heavy (non-hydrogen) atoms. The number of rotatable bonds is 14. The van der Waals surface area contributed by atoms with Crippen molar-refractivity contribution < 1.29 is 9.30 Å². The maximum absolute atomic E-state index is 6.07. The number of allylic oxidation sites excluding steroid dienone is 2. The molecule has 0 spiro atoms. The van der Waals surface area contributed by atoms with Crippen molar-refractivity contribution in [2.24, 2.45) is 4.99 Å². The van der Waals surface area contributed by atoms with Gasteiger partial charge in [0.15, 0.2) is 0 Å². The first-order chi connectivity index (χ1) is 18.0. The van der Waals surface area contributed by atoms with E-state index in [1.807, 2.05) is 12.5 Å². The van der Waals surface area contributed by atoms with Gasteiger partial charge in [0.2, 0.25) is 6.33 Å². The highest BCUT2D eigenvalue weighted by Crippen LogP contribution is 2.35. The fraction of sp³-hybridized carbons (Fsp3) is 0.438. The second-order valence-corrected chi connectivity index (χ2v) is 10.4. The Morgan fingerprint density at radius 3 is 2.19 bits per heavy atom. The van der Waals surface area contributed by atoms with Gasteiger partial charge in [-0.25, -0.2) is 4.57 Å². The topological polar surface area (TPSA) is 57.0 Å². The van der Waals surface area contributed by atoms with Crippen LogP contribution in [0.5, 0.6) is 5.75 Å². The van der Waals surface area contributed by atoms with E-state index in [1.54, 1.807) is 0 Å². The van der Waals surface area contributed by atoms with Crippen molar-refractivity contribution in [2.75, 3.05) is 6.61 Å². The molecule has 0 unspecified atom stereocenters. The molecule has 4 rings (SSSR count). The van der Waals surface area contributed by atoms with Crippen molar-refractivity contribution in [3.05, 3.63) is 88.9 Å². The zero-order chi connectivity index (χ0) is 26.0. The van der Waals surface area contributed by atoms with Gasteiger partial charge in [-0.3, -0.25) is 9.98 Å². The monoisotopic (exact) mass is 499 g/mol. The van der Waals surface area contributed by atoms with Crippen LogP contribution in [0.25, 0.3) is 5.57 Å². The zero-order valence-electron chi connectivity index (χ0n) is 23.1. The number of aromatic amines is 2. The summed E-state index contributed by atoms with van der Waals surface area (Å²) in [5.74, 6) is 0.936. The molecule has 0 atom stereocenters. The molecule has 3 aromatic rings. The number of nitrogens with zero attached hydrogens (tertiary/aromatic N) is 2. The van der Waals surface area contributed by atoms with Gasteiger partial charge in [-0.15, -0.1) is 0 Å². The van der Waals surface area contributed by atoms with Crippen LogP contribution in [-0.4, -0.2) is 22.3 Å². The third-order valence-corrected chi connectivity index (χ3v) is 7.05. The molecule has 1 aliphatic heterocycles. The number of aromatic nitrogens is 3. The van der Waals surface area contributed by atoms with E-state index < -0.39 is 0 Å². The van der Waals surface area contributed by atoms with Crippen molar-refractivity contribution in [1.82, 2.24) is 9.97 Å². The molecule has 2 N–H and O–H groups in total. The molecular weight excluding hydrogens is 456 g/mol. The van der Waals surface area contributed by atoms with Crippen molar-refractivity contribution in [3.8, 4) is 5.75 Å². The minimum atomic E-state index is 0.779. The Morgan fingerprint density at radius 1 is 0.892 bits per heavy atom. The lowest BCUT2D eigenvalue weighted by Crippen LogP contribution is -2.30. The largest absolute Gasteiger partial charge is 0.494 e. The first kappa shape index (κ1) is 26.7. The van der Waals surface area contributed by atoms with Crippen molar-refractivity contribution >= 4 is 11.3 Å². The Bertz CT molecular complexity index is 1230. The number of benzene rings is 1. The van der Waals surface area contributed by atoms with Crippen molar-refractivity contribution in [1.29, 1.82) is 0 Å². The molecule has 1 aliphatic rings. The fourth-order valence-corrected chi connectivity index (χ4v) is 5.14. The van der Waals surface area contributed by atoms with Gasteiger partial charge in [0.25, 0.3) is 0 Å². The fourth-order valence-electron chi connectivity index (χ4n) is 5.14. The number of H-pyrrole nitrogens is 2. The van der Waals surface area contributed by atoms with E-state index in [2.05, 4.69) is 84.8 Å². The molecular formula is C32H43N4O+. The average molecular weight is 500 g/mol. The van der Waals surface area contributed by atoms with Crippen LogP contribution in [0.15, 0.2) is 71.4 Å². The number of unbranched alkanes of at least 4 members (excludes halogenated alkanes) is 7. The first-order valence-corrected chi connectivity index (χ1v) is 13.9. The smallest absolute Gasteiger partial charge is 0.241 e. The van der Waals surface area contributed by atoms with E-state index in [9.17, 15) is 0 Å². The van der Waals surface area contributed by atoms with Gasteiger partial charge in [0.05, 0.1) is 24.5 Å². The van der Waals surface area contributed by atoms with Gasteiger partial charge in [-0.1, -0.05) is 44.2 Å². The second-order valence-electron chi connectivity index (χ2n) is 10.4. The van der Waals surface area contributed by atoms with Crippen LogP contribution in [0, 0.1) is 13.8 Å². The van der Waals surface area contributed by atoms with Crippen LogP contribution in [0.2, 0.25) is 0 Å². The molecule has 0 radical (unpaired) electrons. The number of ether oxygens (including phenoxy) is 1. The normalized spacial score (nSPS) is 14.6. The molecule has 3 heterocycles. The van der Waals surface area contributed by atoms with Gasteiger partial charge < -0.3 is 9.72 Å². The standard InChI is InChI=1S/C32H42N4O/c1-24-21-26(3)34-31(24)30(32-25(2)22-27(4)35-32)28-13-15-29(16-14-28)37-20-12-10-8-6-5-7-9-11-18-36-19-17-33-23-36/h13-17,19,21-23H,5-12,18,20H2,1-4H3,(H,34,35)/p+1. The maximum Gasteiger partial charge on any atom is 0.241 e. The number of aryl methyl sites for hydroxylation is 3. The second kappa shape index (κ2) is 13.3. The number of aliphatic imine (C=N–C) groups is 1. The van der Waals surface area contributed by atoms with Crippen LogP contribution in [-0.2, 0) is 6.54 Å². The van der Waals surface area contributed by atoms with E-state index in [-0.39, 0.29) is 0 Å². The number of hydrogen-bond donors (Lipinski definition) is 2. The predicted molar refractivity (Wildman–Crippen MR) is 153 cm³/mol. The summed E-state index contributed by atoms with van der Waals surface area (Å²) in [4.78, 5) is 11.5. The van der Waals surface area contributed by atoms with Gasteiger partial charge in [0.1, 0.15) is 18.1 Å². The highest BCUT2D eigenvalue weighted by Gasteiger charge is 2.20. The molecule has 0 bridgehead atoms. The number of nitrogens with one attached hydrogen (secondary N) is 2. The minimum Gasteiger partial charge on any atom is -0.494 e. The lowest BCUT2D eigenvalue weighted by atomic mass is 9.96. The summed E-state index contributed by atoms with van der Waals surface area (Å²) < 4.78 is 8.28. The molecule has 5 heteroatoms. The molecule has 196 valence electrons. The summed E-state index contributed by atoms with van der Waals surface area (Å²) in [5.41, 5.74) is 9.17. The minimum absolute atomic E-state index is 0.779. The summed E-state index contributed by atoms with van der Waals surface area (Å²) >= 11 is 0. The Hall–Kier alpha value is -3.34. The van der Waals surface area contributed by atoms with E-state index in [0.717, 1.165) is 59.3 Å². The third-order valence-electron chi connectivity index (χ3n) is 7.05. The Balaban J connectivity index is 1.20. The van der Waals surface area contributed by atoms with Gasteiger partial charge in [-0.2, -0.15) is 0 Å². The van der Waals surface area contributed by atoms with Crippen LogP contribution in [0.4, 0.5) is 0 Å². The highest BCUT2D eigenvalue weighted by molar-refractivity contribution is 6.01. The summed E-state index contributed by atoms with van der Waals surface area (Å²) in [7, 11) is 0. The SMILES string of the molecule is CC1=CC(C)=N/C1=C(\c1ccc(OCCCCCCCCCC[n+]2cc[nH]c2)cc1)c1[nH]c(C)cc1C. The Labute approximate surface area is 222 Å². The van der Waals surface area contributed by atoms with E-state index in [4.69, 9.17) is 9.73 Å². The lowest BCUT2D eigenvalue weighted by molar-refractivity contribution is -0.696. The number of hydrogen-bond acceptors (Lipinski definition) is 2. The molecule has 0 amide bonds. The zero-order valence-corrected chi connectivity index (χ0v) is 23.1. The Morgan fingerprint density at radius 2 is 1.59 bits per heavy atom. The van der Waals surface area contributed by atoms with Crippen molar-refractivity contribution in [3.63, 3.8) is 0 Å².